The molecule has 2 aliphatic rings. The van der Waals surface area contributed by atoms with Gasteiger partial charge in [-0.2, -0.15) is 0 Å². The molecule has 0 unspecified atom stereocenters. The van der Waals surface area contributed by atoms with E-state index in [1.807, 2.05) is 50.2 Å². The van der Waals surface area contributed by atoms with E-state index in [1.54, 1.807) is 0 Å². The lowest BCUT2D eigenvalue weighted by Crippen LogP contribution is -2.52. The van der Waals surface area contributed by atoms with Crippen LogP contribution in [0.1, 0.15) is 37.3 Å². The van der Waals surface area contributed by atoms with Gasteiger partial charge in [-0.3, -0.25) is 4.79 Å². The van der Waals surface area contributed by atoms with Gasteiger partial charge in [-0.25, -0.2) is 9.59 Å². The summed E-state index contributed by atoms with van der Waals surface area (Å²) >= 11 is 1.40. The molecule has 2 aromatic carbocycles. The van der Waals surface area contributed by atoms with Crippen LogP contribution >= 0.6 is 11.8 Å². The van der Waals surface area contributed by atoms with E-state index in [4.69, 9.17) is 4.74 Å². The van der Waals surface area contributed by atoms with Crippen LogP contribution in [0, 0.1) is 5.92 Å². The normalized spacial score (nSPS) is 18.0. The van der Waals surface area contributed by atoms with Crippen LogP contribution in [0.3, 0.4) is 0 Å². The summed E-state index contributed by atoms with van der Waals surface area (Å²) in [6, 6.07) is 14.5. The zero-order valence-electron chi connectivity index (χ0n) is 18.7. The van der Waals surface area contributed by atoms with Gasteiger partial charge in [0, 0.05) is 11.7 Å². The van der Waals surface area contributed by atoms with Crippen molar-refractivity contribution >= 4 is 29.7 Å². The topological polar surface area (TPSA) is 95.9 Å². The number of hydrogen-bond acceptors (Lipinski definition) is 5. The predicted molar refractivity (Wildman–Crippen MR) is 127 cm³/mol. The molecule has 174 valence electrons. The highest BCUT2D eigenvalue weighted by atomic mass is 32.2. The Morgan fingerprint density at radius 3 is 2.27 bits per heavy atom. The number of benzene rings is 2. The van der Waals surface area contributed by atoms with Crippen molar-refractivity contribution in [3.05, 3.63) is 59.7 Å². The minimum atomic E-state index is -1.03. The summed E-state index contributed by atoms with van der Waals surface area (Å²) in [5, 5.41) is 12.1. The lowest BCUT2D eigenvalue weighted by atomic mass is 9.98. The third-order valence-corrected chi connectivity index (χ3v) is 7.10. The van der Waals surface area contributed by atoms with Gasteiger partial charge in [0.25, 0.3) is 0 Å². The molecule has 2 aromatic rings. The third kappa shape index (κ3) is 4.85. The number of ether oxygens (including phenoxy) is 1. The Bertz CT molecular complexity index is 1010. The van der Waals surface area contributed by atoms with E-state index < -0.39 is 24.1 Å². The van der Waals surface area contributed by atoms with Crippen molar-refractivity contribution in [2.75, 3.05) is 18.2 Å². The first-order chi connectivity index (χ1) is 15.9. The van der Waals surface area contributed by atoms with Gasteiger partial charge in [-0.05, 0) is 34.6 Å². The van der Waals surface area contributed by atoms with Crippen LogP contribution in [0.2, 0.25) is 0 Å². The van der Waals surface area contributed by atoms with E-state index in [0.29, 0.717) is 18.1 Å². The standard InChI is InChI=1S/C25H28N2O5S/c1-15(2)11-21(23(28)27-14-33-13-22(27)24(29)30)26-25(31)32-12-20-18-9-5-3-7-16(18)17-8-4-6-10-19(17)20/h3-10,15,20-22H,11-14H2,1-2H3,(H,26,31)(H,29,30)/t21-,22-/m0/s1. The third-order valence-electron chi connectivity index (χ3n) is 6.09. The van der Waals surface area contributed by atoms with Crippen LogP contribution in [-0.4, -0.2) is 58.3 Å². The van der Waals surface area contributed by atoms with Gasteiger partial charge in [0.2, 0.25) is 5.91 Å². The summed E-state index contributed by atoms with van der Waals surface area (Å²) in [5.74, 6) is -0.704. The van der Waals surface area contributed by atoms with E-state index in [1.165, 1.54) is 16.7 Å². The molecule has 2 atom stereocenters. The molecule has 0 aromatic heterocycles. The van der Waals surface area contributed by atoms with E-state index in [0.717, 1.165) is 22.3 Å². The number of nitrogens with zero attached hydrogens (tertiary/aromatic N) is 1. The average Bonchev–Trinajstić information content (AvgIpc) is 3.40. The summed E-state index contributed by atoms with van der Waals surface area (Å²) in [7, 11) is 0. The number of carboxylic acids is 1. The number of thioether (sulfide) groups is 1. The van der Waals surface area contributed by atoms with Gasteiger partial charge in [-0.1, -0.05) is 62.4 Å². The summed E-state index contributed by atoms with van der Waals surface area (Å²) in [4.78, 5) is 38.7. The second-order valence-electron chi connectivity index (χ2n) is 8.81. The molecule has 4 rings (SSSR count). The molecule has 1 aliphatic heterocycles. The first-order valence-corrected chi connectivity index (χ1v) is 12.2. The Morgan fingerprint density at radius 2 is 1.70 bits per heavy atom. The SMILES string of the molecule is CC(C)C[C@H](NC(=O)OCC1c2ccccc2-c2ccccc21)C(=O)N1CSC[C@H]1C(=O)O. The Morgan fingerprint density at radius 1 is 1.09 bits per heavy atom. The molecule has 2 amide bonds. The number of alkyl carbamates (subject to hydrolysis) is 1. The number of hydrogen-bond donors (Lipinski definition) is 2. The lowest BCUT2D eigenvalue weighted by molar-refractivity contribution is -0.148. The van der Waals surface area contributed by atoms with Gasteiger partial charge >= 0.3 is 12.1 Å². The number of amides is 2. The van der Waals surface area contributed by atoms with Crippen molar-refractivity contribution in [1.29, 1.82) is 0 Å². The molecular weight excluding hydrogens is 440 g/mol. The molecule has 1 saturated heterocycles. The van der Waals surface area contributed by atoms with Crippen LogP contribution in [0.15, 0.2) is 48.5 Å². The summed E-state index contributed by atoms with van der Waals surface area (Å²) in [6.45, 7) is 4.06. The van der Waals surface area contributed by atoms with Crippen LogP contribution < -0.4 is 5.32 Å². The fourth-order valence-corrected chi connectivity index (χ4v) is 5.69. The molecule has 0 saturated carbocycles. The quantitative estimate of drug-likeness (QED) is 0.639. The largest absolute Gasteiger partial charge is 0.480 e. The minimum Gasteiger partial charge on any atom is -0.480 e. The first kappa shape index (κ1) is 23.2. The first-order valence-electron chi connectivity index (χ1n) is 11.1. The predicted octanol–water partition coefficient (Wildman–Crippen LogP) is 3.93. The monoisotopic (exact) mass is 468 g/mol. The van der Waals surface area contributed by atoms with Crippen molar-refractivity contribution in [3.63, 3.8) is 0 Å². The van der Waals surface area contributed by atoms with Crippen molar-refractivity contribution < 1.29 is 24.2 Å². The maximum absolute atomic E-state index is 13.1. The lowest BCUT2D eigenvalue weighted by Gasteiger charge is -2.27. The van der Waals surface area contributed by atoms with Crippen molar-refractivity contribution in [1.82, 2.24) is 10.2 Å². The van der Waals surface area contributed by atoms with Crippen LogP contribution in [0.4, 0.5) is 4.79 Å². The van der Waals surface area contributed by atoms with Crippen molar-refractivity contribution in [2.45, 2.75) is 38.3 Å². The Balaban J connectivity index is 1.44. The number of fused-ring (bicyclic) bond motifs is 3. The molecule has 33 heavy (non-hydrogen) atoms. The number of nitrogens with one attached hydrogen (secondary N) is 1. The van der Waals surface area contributed by atoms with Gasteiger partial charge < -0.3 is 20.1 Å². The molecule has 1 heterocycles. The molecule has 1 fully saturated rings. The second kappa shape index (κ2) is 9.87. The molecule has 2 N–H and O–H groups in total. The maximum Gasteiger partial charge on any atom is 0.407 e. The average molecular weight is 469 g/mol. The Labute approximate surface area is 197 Å². The van der Waals surface area contributed by atoms with Crippen LogP contribution in [0.25, 0.3) is 11.1 Å². The highest BCUT2D eigenvalue weighted by molar-refractivity contribution is 7.99. The number of rotatable bonds is 7. The highest BCUT2D eigenvalue weighted by Gasteiger charge is 2.38. The zero-order chi connectivity index (χ0) is 23.5. The van der Waals surface area contributed by atoms with E-state index >= 15 is 0 Å². The highest BCUT2D eigenvalue weighted by Crippen LogP contribution is 2.44. The van der Waals surface area contributed by atoms with Crippen LogP contribution in [0.5, 0.6) is 0 Å². The molecule has 8 heteroatoms. The fourth-order valence-electron chi connectivity index (χ4n) is 4.54. The minimum absolute atomic E-state index is 0.0752. The second-order valence-corrected chi connectivity index (χ2v) is 9.81. The van der Waals surface area contributed by atoms with E-state index in [-0.39, 0.29) is 24.3 Å². The number of carbonyl (C=O) groups is 3. The fraction of sp³-hybridized carbons (Fsp3) is 0.400. The number of aliphatic carboxylic acids is 1. The molecule has 0 spiro atoms. The Hall–Kier alpha value is -3.00. The van der Waals surface area contributed by atoms with Gasteiger partial charge in [0.05, 0.1) is 5.88 Å². The van der Waals surface area contributed by atoms with Gasteiger partial charge in [0.1, 0.15) is 18.7 Å². The maximum atomic E-state index is 13.1. The summed E-state index contributed by atoms with van der Waals surface area (Å²) in [6.07, 6.45) is -0.272. The number of carbonyl (C=O) groups excluding carboxylic acids is 2. The van der Waals surface area contributed by atoms with Gasteiger partial charge in [-0.15, -0.1) is 11.8 Å². The molecule has 0 bridgehead atoms. The zero-order valence-corrected chi connectivity index (χ0v) is 19.5. The summed E-state index contributed by atoms with van der Waals surface area (Å²) < 4.78 is 5.60. The van der Waals surface area contributed by atoms with Crippen LogP contribution in [-0.2, 0) is 14.3 Å². The molecule has 0 radical (unpaired) electrons. The summed E-state index contributed by atoms with van der Waals surface area (Å²) in [5.41, 5.74) is 4.50. The van der Waals surface area contributed by atoms with E-state index in [9.17, 15) is 19.5 Å². The van der Waals surface area contributed by atoms with E-state index in [2.05, 4.69) is 17.4 Å². The van der Waals surface area contributed by atoms with Crippen molar-refractivity contribution in [3.8, 4) is 11.1 Å². The molecule has 1 aliphatic carbocycles. The molecular formula is C25H28N2O5S. The number of carboxylic acid groups (broad SMARTS) is 1. The molecule has 7 nitrogen and oxygen atoms in total. The Kier molecular flexibility index (Phi) is 6.93. The van der Waals surface area contributed by atoms with Gasteiger partial charge in [0.15, 0.2) is 0 Å². The smallest absolute Gasteiger partial charge is 0.407 e. The van der Waals surface area contributed by atoms with Crippen molar-refractivity contribution in [2.24, 2.45) is 5.92 Å².